The first-order valence-corrected chi connectivity index (χ1v) is 11.5. The van der Waals surface area contributed by atoms with Gasteiger partial charge in [-0.25, -0.2) is 5.43 Å². The molecule has 178 valence electrons. The van der Waals surface area contributed by atoms with Gasteiger partial charge in [0.2, 0.25) is 0 Å². The number of aromatic hydroxyl groups is 1. The molecule has 0 spiro atoms. The highest BCUT2D eigenvalue weighted by Crippen LogP contribution is 2.30. The largest absolute Gasteiger partial charge is 0.507 e. The minimum absolute atomic E-state index is 0.0748. The van der Waals surface area contributed by atoms with Crippen LogP contribution in [0.4, 0.5) is 0 Å². The Hall–Kier alpha value is -4.62. The predicted octanol–water partition coefficient (Wildman–Crippen LogP) is 5.93. The maximum atomic E-state index is 12.7. The first-order valence-electron chi connectivity index (χ1n) is 11.1. The fraction of sp³-hybridized carbons (Fsp3) is 0.0357. The van der Waals surface area contributed by atoms with Crippen LogP contribution in [0.1, 0.15) is 21.6 Å². The van der Waals surface area contributed by atoms with Crippen LogP contribution in [0.25, 0.3) is 22.0 Å². The van der Waals surface area contributed by atoms with E-state index in [4.69, 9.17) is 16.3 Å². The standard InChI is InChI=1S/C28H21ClN4O3/c29-20-12-9-18(10-13-20)17-36-27-8-4-3-7-22(27)24-15-25(32-31-24)28(35)33-30-16-23-21-6-2-1-5-19(21)11-14-26(23)34/h1-16,34H,17H2,(H,31,32)(H,33,35). The number of carbonyl (C=O) groups is 1. The SMILES string of the molecule is O=C(NN=Cc1c(O)ccc2ccccc12)c1cc(-c2ccccc2OCc2ccc(Cl)cc2)n[nH]1. The van der Waals surface area contributed by atoms with Gasteiger partial charge in [0.15, 0.2) is 0 Å². The maximum absolute atomic E-state index is 12.7. The topological polar surface area (TPSA) is 99.6 Å². The summed E-state index contributed by atoms with van der Waals surface area (Å²) in [4.78, 5) is 12.7. The Morgan fingerprint density at radius 1 is 1.03 bits per heavy atom. The second-order valence-electron chi connectivity index (χ2n) is 8.00. The highest BCUT2D eigenvalue weighted by molar-refractivity contribution is 6.30. The van der Waals surface area contributed by atoms with Gasteiger partial charge in [0.05, 0.1) is 11.9 Å². The molecule has 0 atom stereocenters. The zero-order valence-corrected chi connectivity index (χ0v) is 19.7. The van der Waals surface area contributed by atoms with Crippen LogP contribution in [0.3, 0.4) is 0 Å². The molecule has 0 unspecified atom stereocenters. The minimum Gasteiger partial charge on any atom is -0.507 e. The number of nitrogens with one attached hydrogen (secondary N) is 2. The van der Waals surface area contributed by atoms with Crippen molar-refractivity contribution in [3.8, 4) is 22.8 Å². The first kappa shape index (κ1) is 23.1. The Labute approximate surface area is 212 Å². The number of amides is 1. The molecule has 1 amide bonds. The number of carbonyl (C=O) groups excluding carboxylic acids is 1. The van der Waals surface area contributed by atoms with Gasteiger partial charge in [-0.1, -0.05) is 66.2 Å². The summed E-state index contributed by atoms with van der Waals surface area (Å²) in [5.41, 5.74) is 5.51. The van der Waals surface area contributed by atoms with Crippen molar-refractivity contribution >= 4 is 34.5 Å². The Bertz CT molecular complexity index is 1560. The van der Waals surface area contributed by atoms with Crippen LogP contribution in [0, 0.1) is 0 Å². The second kappa shape index (κ2) is 10.3. The lowest BCUT2D eigenvalue weighted by molar-refractivity contribution is 0.0950. The van der Waals surface area contributed by atoms with Gasteiger partial charge in [0.1, 0.15) is 23.8 Å². The Kier molecular flexibility index (Phi) is 6.64. The molecule has 0 saturated carbocycles. The van der Waals surface area contributed by atoms with Gasteiger partial charge in [-0.2, -0.15) is 10.2 Å². The molecule has 5 aromatic rings. The molecule has 0 saturated heterocycles. The van der Waals surface area contributed by atoms with Gasteiger partial charge >= 0.3 is 0 Å². The van der Waals surface area contributed by atoms with Crippen molar-refractivity contribution in [2.45, 2.75) is 6.61 Å². The first-order chi connectivity index (χ1) is 17.6. The summed E-state index contributed by atoms with van der Waals surface area (Å²) in [5, 5.41) is 23.7. The Morgan fingerprint density at radius 3 is 2.67 bits per heavy atom. The molecule has 0 aliphatic heterocycles. The van der Waals surface area contributed by atoms with E-state index in [2.05, 4.69) is 20.7 Å². The van der Waals surface area contributed by atoms with Crippen molar-refractivity contribution in [1.29, 1.82) is 0 Å². The van der Waals surface area contributed by atoms with E-state index in [0.29, 0.717) is 28.6 Å². The molecule has 0 radical (unpaired) electrons. The molecule has 5 rings (SSSR count). The van der Waals surface area contributed by atoms with Gasteiger partial charge in [0.25, 0.3) is 5.91 Å². The number of hydrazone groups is 1. The Balaban J connectivity index is 1.29. The lowest BCUT2D eigenvalue weighted by Gasteiger charge is -2.10. The minimum atomic E-state index is -0.468. The van der Waals surface area contributed by atoms with Crippen LogP contribution in [0.15, 0.2) is 96.1 Å². The number of hydrogen-bond acceptors (Lipinski definition) is 5. The summed E-state index contributed by atoms with van der Waals surface area (Å²) in [6.07, 6.45) is 1.42. The van der Waals surface area contributed by atoms with Gasteiger partial charge in [-0.15, -0.1) is 0 Å². The fourth-order valence-electron chi connectivity index (χ4n) is 3.76. The molecule has 8 heteroatoms. The van der Waals surface area contributed by atoms with Gasteiger partial charge < -0.3 is 9.84 Å². The van der Waals surface area contributed by atoms with E-state index >= 15 is 0 Å². The van der Waals surface area contributed by atoms with Crippen LogP contribution in [0.5, 0.6) is 11.5 Å². The van der Waals surface area contributed by atoms with E-state index in [-0.39, 0.29) is 11.4 Å². The van der Waals surface area contributed by atoms with E-state index in [0.717, 1.165) is 21.9 Å². The van der Waals surface area contributed by atoms with E-state index in [1.165, 1.54) is 6.21 Å². The van der Waals surface area contributed by atoms with Crippen LogP contribution in [-0.2, 0) is 6.61 Å². The maximum Gasteiger partial charge on any atom is 0.289 e. The molecule has 1 heterocycles. The summed E-state index contributed by atoms with van der Waals surface area (Å²) in [7, 11) is 0. The van der Waals surface area contributed by atoms with Crippen molar-refractivity contribution in [2.24, 2.45) is 5.10 Å². The van der Waals surface area contributed by atoms with Crippen LogP contribution in [-0.4, -0.2) is 27.4 Å². The molecular weight excluding hydrogens is 476 g/mol. The highest BCUT2D eigenvalue weighted by Gasteiger charge is 2.14. The zero-order valence-electron chi connectivity index (χ0n) is 19.0. The van der Waals surface area contributed by atoms with Gasteiger partial charge in [-0.05, 0) is 52.7 Å². The quantitative estimate of drug-likeness (QED) is 0.192. The van der Waals surface area contributed by atoms with Crippen molar-refractivity contribution in [1.82, 2.24) is 15.6 Å². The molecule has 1 aromatic heterocycles. The molecular formula is C28H21ClN4O3. The summed E-state index contributed by atoms with van der Waals surface area (Å²) in [5.74, 6) is 0.241. The molecule has 36 heavy (non-hydrogen) atoms. The summed E-state index contributed by atoms with van der Waals surface area (Å²) in [6.45, 7) is 0.363. The average molecular weight is 497 g/mol. The number of ether oxygens (including phenoxy) is 1. The number of halogens is 1. The fourth-order valence-corrected chi connectivity index (χ4v) is 3.88. The van der Waals surface area contributed by atoms with Crippen LogP contribution in [0.2, 0.25) is 5.02 Å². The van der Waals surface area contributed by atoms with Crippen molar-refractivity contribution in [3.63, 3.8) is 0 Å². The molecule has 3 N–H and O–H groups in total. The number of nitrogens with zero attached hydrogens (tertiary/aromatic N) is 2. The highest BCUT2D eigenvalue weighted by atomic mass is 35.5. The molecule has 7 nitrogen and oxygen atoms in total. The summed E-state index contributed by atoms with van der Waals surface area (Å²) < 4.78 is 6.00. The number of phenols is 1. The lowest BCUT2D eigenvalue weighted by Crippen LogP contribution is -2.18. The van der Waals surface area contributed by atoms with Crippen molar-refractivity contribution in [3.05, 3.63) is 113 Å². The van der Waals surface area contributed by atoms with Crippen LogP contribution >= 0.6 is 11.6 Å². The van der Waals surface area contributed by atoms with E-state index in [1.54, 1.807) is 12.1 Å². The number of aromatic nitrogens is 2. The summed E-state index contributed by atoms with van der Waals surface area (Å²) >= 11 is 5.95. The number of benzene rings is 4. The van der Waals surface area contributed by atoms with Gasteiger partial charge in [0, 0.05) is 16.1 Å². The average Bonchev–Trinajstić information content (AvgIpc) is 3.40. The van der Waals surface area contributed by atoms with E-state index in [9.17, 15) is 9.90 Å². The monoisotopic (exact) mass is 496 g/mol. The van der Waals surface area contributed by atoms with Gasteiger partial charge in [-0.3, -0.25) is 9.89 Å². The second-order valence-corrected chi connectivity index (χ2v) is 8.43. The molecule has 0 bridgehead atoms. The number of hydrogen-bond donors (Lipinski definition) is 3. The molecule has 0 aliphatic rings. The number of aromatic amines is 1. The number of H-pyrrole nitrogens is 1. The molecule has 0 aliphatic carbocycles. The lowest BCUT2D eigenvalue weighted by atomic mass is 10.0. The third-order valence-electron chi connectivity index (χ3n) is 5.60. The van der Waals surface area contributed by atoms with Crippen molar-refractivity contribution < 1.29 is 14.6 Å². The zero-order chi connectivity index (χ0) is 24.9. The van der Waals surface area contributed by atoms with E-state index < -0.39 is 5.91 Å². The normalized spacial score (nSPS) is 11.1. The Morgan fingerprint density at radius 2 is 1.81 bits per heavy atom. The molecule has 0 fully saturated rings. The van der Waals surface area contributed by atoms with E-state index in [1.807, 2.05) is 78.9 Å². The third-order valence-corrected chi connectivity index (χ3v) is 5.85. The third kappa shape index (κ3) is 5.06. The summed E-state index contributed by atoms with van der Waals surface area (Å²) in [6, 6.07) is 27.6. The molecule has 4 aromatic carbocycles. The number of fused-ring (bicyclic) bond motifs is 1. The number of rotatable bonds is 7. The smallest absolute Gasteiger partial charge is 0.289 e. The number of phenolic OH excluding ortho intramolecular Hbond substituents is 1. The number of para-hydroxylation sites is 1. The van der Waals surface area contributed by atoms with Crippen LogP contribution < -0.4 is 10.2 Å². The predicted molar refractivity (Wildman–Crippen MR) is 140 cm³/mol. The van der Waals surface area contributed by atoms with Crippen molar-refractivity contribution in [2.75, 3.05) is 0 Å².